The number of rotatable bonds is 6. The average molecular weight is 465 g/mol. The van der Waals surface area contributed by atoms with Crippen LogP contribution >= 0.6 is 11.6 Å². The van der Waals surface area contributed by atoms with E-state index in [0.717, 1.165) is 12.8 Å². The first-order valence-corrected chi connectivity index (χ1v) is 10.9. The molecule has 0 radical (unpaired) electrons. The van der Waals surface area contributed by atoms with Gasteiger partial charge in [-0.25, -0.2) is 9.18 Å². The van der Waals surface area contributed by atoms with Crippen molar-refractivity contribution >= 4 is 23.5 Å². The summed E-state index contributed by atoms with van der Waals surface area (Å²) in [5.41, 5.74) is 1.29. The number of methoxy groups -OCH3 is 1. The quantitative estimate of drug-likeness (QED) is 0.640. The molecular weight excluding hydrogens is 439 g/mol. The van der Waals surface area contributed by atoms with Gasteiger partial charge in [-0.1, -0.05) is 11.6 Å². The molecule has 2 bridgehead atoms. The summed E-state index contributed by atoms with van der Waals surface area (Å²) in [5.74, 6) is 1.05. The van der Waals surface area contributed by atoms with E-state index in [9.17, 15) is 9.90 Å². The lowest BCUT2D eigenvalue weighted by atomic mass is 9.80. The molecule has 2 aliphatic rings. The van der Waals surface area contributed by atoms with Gasteiger partial charge in [-0.2, -0.15) is 0 Å². The lowest BCUT2D eigenvalue weighted by molar-refractivity contribution is -0.0127. The first kappa shape index (κ1) is 22.5. The highest BCUT2D eigenvalue weighted by Gasteiger charge is 2.49. The summed E-state index contributed by atoms with van der Waals surface area (Å²) in [5, 5.41) is 18.7. The number of benzene rings is 1. The molecule has 3 heterocycles. The number of piperidine rings is 2. The van der Waals surface area contributed by atoms with E-state index in [-0.39, 0.29) is 12.8 Å². The Morgan fingerprint density at radius 1 is 1.31 bits per heavy atom. The molecule has 4 atom stereocenters. The van der Waals surface area contributed by atoms with Gasteiger partial charge in [-0.15, -0.1) is 10.2 Å². The molecule has 0 unspecified atom stereocenters. The number of anilines is 1. The van der Waals surface area contributed by atoms with Crippen molar-refractivity contribution in [3.63, 3.8) is 0 Å². The van der Waals surface area contributed by atoms with Crippen LogP contribution in [0.3, 0.4) is 0 Å². The molecule has 1 amide bonds. The van der Waals surface area contributed by atoms with E-state index in [1.165, 1.54) is 12.0 Å². The number of amides is 1. The summed E-state index contributed by atoms with van der Waals surface area (Å²) in [6, 6.07) is 7.53. The van der Waals surface area contributed by atoms with E-state index < -0.39 is 24.3 Å². The molecule has 8 nitrogen and oxygen atoms in total. The molecule has 0 aliphatic carbocycles. The molecule has 0 spiro atoms. The molecule has 172 valence electrons. The predicted molar refractivity (Wildman–Crippen MR) is 118 cm³/mol. The summed E-state index contributed by atoms with van der Waals surface area (Å²) in [6.45, 7) is 0.0663. The van der Waals surface area contributed by atoms with Crippen LogP contribution in [-0.2, 0) is 4.74 Å². The Kier molecular flexibility index (Phi) is 6.66. The lowest BCUT2D eigenvalue weighted by Crippen LogP contribution is -2.64. The minimum Gasteiger partial charge on any atom is -0.467 e. The molecule has 1 N–H and O–H groups in total. The summed E-state index contributed by atoms with van der Waals surface area (Å²) in [6.07, 6.45) is 0.238. The normalized spacial score (nSPS) is 24.8. The third-order valence-corrected chi connectivity index (χ3v) is 6.55. The number of aromatic nitrogens is 2. The largest absolute Gasteiger partial charge is 0.467 e. The van der Waals surface area contributed by atoms with Gasteiger partial charge in [0, 0.05) is 30.8 Å². The van der Waals surface area contributed by atoms with Crippen LogP contribution in [0, 0.1) is 0 Å². The second-order valence-corrected chi connectivity index (χ2v) is 8.60. The van der Waals surface area contributed by atoms with Crippen LogP contribution < -0.4 is 9.64 Å². The zero-order valence-electron chi connectivity index (χ0n) is 17.9. The molecule has 2 aliphatic heterocycles. The second kappa shape index (κ2) is 9.46. The smallest absolute Gasteiger partial charge is 0.407 e. The van der Waals surface area contributed by atoms with Gasteiger partial charge in [0.05, 0.1) is 17.8 Å². The third kappa shape index (κ3) is 4.31. The number of hydrogen-bond donors (Lipinski definition) is 1. The Bertz CT molecular complexity index is 963. The van der Waals surface area contributed by atoms with Gasteiger partial charge in [-0.3, -0.25) is 4.90 Å². The summed E-state index contributed by atoms with van der Waals surface area (Å²) >= 11 is 6.08. The van der Waals surface area contributed by atoms with Crippen molar-refractivity contribution in [3.8, 4) is 17.0 Å². The van der Waals surface area contributed by atoms with Gasteiger partial charge >= 0.3 is 6.09 Å². The number of carboxylic acid groups (broad SMARTS) is 1. The minimum absolute atomic E-state index is 0.0663. The predicted octanol–water partition coefficient (Wildman–Crippen LogP) is 4.23. The molecule has 1 aromatic heterocycles. The fraction of sp³-hybridized carbons (Fsp3) is 0.500. The molecule has 1 aromatic carbocycles. The number of alkyl halides is 1. The summed E-state index contributed by atoms with van der Waals surface area (Å²) < 4.78 is 26.0. The van der Waals surface area contributed by atoms with E-state index >= 15 is 4.39 Å². The van der Waals surface area contributed by atoms with E-state index in [4.69, 9.17) is 21.1 Å². The van der Waals surface area contributed by atoms with Crippen molar-refractivity contribution in [1.29, 1.82) is 0 Å². The molecule has 10 heteroatoms. The monoisotopic (exact) mass is 464 g/mol. The van der Waals surface area contributed by atoms with Crippen molar-refractivity contribution < 1.29 is 23.8 Å². The van der Waals surface area contributed by atoms with Crippen LogP contribution in [0.15, 0.2) is 30.3 Å². The van der Waals surface area contributed by atoms with Crippen molar-refractivity contribution in [1.82, 2.24) is 15.1 Å². The standard InChI is InChI=1S/C22H26ClFN4O4/c1-27(18-11-14-4-3-5-17(21(18)24)28(14)22(29)30)20-9-8-16(25-26-20)15-7-6-13(23)10-19(15)32-12-31-2/h6-10,14,17-18,21H,3-5,11-12H2,1-2H3,(H,29,30)/t14-,17+,18-,21+/m0/s1. The van der Waals surface area contributed by atoms with E-state index in [1.807, 2.05) is 0 Å². The highest BCUT2D eigenvalue weighted by Crippen LogP contribution is 2.38. The van der Waals surface area contributed by atoms with Crippen molar-refractivity contribution in [2.75, 3.05) is 25.9 Å². The van der Waals surface area contributed by atoms with Gasteiger partial charge in [0.15, 0.2) is 12.6 Å². The first-order chi connectivity index (χ1) is 15.4. The van der Waals surface area contributed by atoms with E-state index in [1.54, 1.807) is 42.3 Å². The number of hydrogen-bond acceptors (Lipinski definition) is 6. The highest BCUT2D eigenvalue weighted by molar-refractivity contribution is 6.30. The number of halogens is 2. The third-order valence-electron chi connectivity index (χ3n) is 6.32. The maximum atomic E-state index is 15.4. The maximum Gasteiger partial charge on any atom is 0.407 e. The second-order valence-electron chi connectivity index (χ2n) is 8.17. The molecular formula is C22H26ClFN4O4. The fourth-order valence-electron chi connectivity index (χ4n) is 4.77. The summed E-state index contributed by atoms with van der Waals surface area (Å²) in [4.78, 5) is 14.7. The van der Waals surface area contributed by atoms with Gasteiger partial charge in [0.25, 0.3) is 0 Å². The van der Waals surface area contributed by atoms with Crippen molar-refractivity contribution in [3.05, 3.63) is 35.4 Å². The van der Waals surface area contributed by atoms with Gasteiger partial charge in [0.2, 0.25) is 0 Å². The fourth-order valence-corrected chi connectivity index (χ4v) is 4.93. The van der Waals surface area contributed by atoms with Crippen LogP contribution in [-0.4, -0.2) is 71.5 Å². The van der Waals surface area contributed by atoms with Gasteiger partial charge in [-0.05, 0) is 56.0 Å². The highest BCUT2D eigenvalue weighted by atomic mass is 35.5. The maximum absolute atomic E-state index is 15.4. The molecule has 32 heavy (non-hydrogen) atoms. The number of ether oxygens (including phenoxy) is 2. The zero-order chi connectivity index (χ0) is 22.8. The van der Waals surface area contributed by atoms with Crippen LogP contribution in [0.1, 0.15) is 25.7 Å². The van der Waals surface area contributed by atoms with Gasteiger partial charge in [0.1, 0.15) is 11.9 Å². The number of carbonyl (C=O) groups is 1. The molecule has 0 saturated carbocycles. The lowest BCUT2D eigenvalue weighted by Gasteiger charge is -2.51. The average Bonchev–Trinajstić information content (AvgIpc) is 2.79. The van der Waals surface area contributed by atoms with Crippen LogP contribution in [0.5, 0.6) is 5.75 Å². The Morgan fingerprint density at radius 2 is 2.12 bits per heavy atom. The number of nitrogens with zero attached hydrogens (tertiary/aromatic N) is 4. The topological polar surface area (TPSA) is 88.0 Å². The number of fused-ring (bicyclic) bond motifs is 2. The van der Waals surface area contributed by atoms with Crippen LogP contribution in [0.4, 0.5) is 15.0 Å². The zero-order valence-corrected chi connectivity index (χ0v) is 18.7. The molecule has 2 aromatic rings. The van der Waals surface area contributed by atoms with Crippen molar-refractivity contribution in [2.24, 2.45) is 0 Å². The Balaban J connectivity index is 1.54. The van der Waals surface area contributed by atoms with Crippen LogP contribution in [0.25, 0.3) is 11.3 Å². The van der Waals surface area contributed by atoms with Gasteiger partial charge < -0.3 is 19.5 Å². The van der Waals surface area contributed by atoms with E-state index in [2.05, 4.69) is 10.2 Å². The summed E-state index contributed by atoms with van der Waals surface area (Å²) in [7, 11) is 3.31. The van der Waals surface area contributed by atoms with Crippen LogP contribution in [0.2, 0.25) is 5.02 Å². The Morgan fingerprint density at radius 3 is 2.81 bits per heavy atom. The minimum atomic E-state index is -1.29. The Hall–Kier alpha value is -2.65. The Labute approximate surface area is 190 Å². The first-order valence-electron chi connectivity index (χ1n) is 10.5. The van der Waals surface area contributed by atoms with Crippen molar-refractivity contribution in [2.45, 2.75) is 50.0 Å². The molecule has 2 saturated heterocycles. The SMILES string of the molecule is COCOc1cc(Cl)ccc1-c1ccc(N(C)[C@H]2C[C@@H]3CCC[C@H]([C@H]2F)N3C(=O)O)nn1. The van der Waals surface area contributed by atoms with E-state index in [0.29, 0.717) is 40.7 Å². The molecule has 4 rings (SSSR count). The molecule has 2 fully saturated rings.